The second kappa shape index (κ2) is 9.25. The number of alkyl carbamates (subject to hydrolysis) is 1. The molecule has 4 rings (SSSR count). The average Bonchev–Trinajstić information content (AvgIpc) is 3.07. The van der Waals surface area contributed by atoms with Crippen LogP contribution >= 0.6 is 0 Å². The second-order valence-electron chi connectivity index (χ2n) is 9.31. The molecule has 1 fully saturated rings. The first-order chi connectivity index (χ1) is 15.8. The molecule has 7 nitrogen and oxygen atoms in total. The largest absolute Gasteiger partial charge is 0.481 e. The van der Waals surface area contributed by atoms with Gasteiger partial charge in [-0.05, 0) is 47.4 Å². The highest BCUT2D eigenvalue weighted by Gasteiger charge is 2.47. The molecule has 2 aliphatic carbocycles. The molecular weight excluding hydrogens is 420 g/mol. The number of carboxylic acids is 1. The van der Waals surface area contributed by atoms with Gasteiger partial charge in [0.05, 0.1) is 6.42 Å². The Bertz CT molecular complexity index is 1010. The van der Waals surface area contributed by atoms with E-state index >= 15 is 0 Å². The number of aliphatic carboxylic acids is 1. The van der Waals surface area contributed by atoms with E-state index in [0.717, 1.165) is 28.7 Å². The molecule has 0 spiro atoms. The summed E-state index contributed by atoms with van der Waals surface area (Å²) in [7, 11) is 0. The van der Waals surface area contributed by atoms with Crippen molar-refractivity contribution < 1.29 is 24.2 Å². The van der Waals surface area contributed by atoms with Crippen LogP contribution in [0.4, 0.5) is 4.79 Å². The van der Waals surface area contributed by atoms with Gasteiger partial charge in [-0.2, -0.15) is 0 Å². The van der Waals surface area contributed by atoms with Gasteiger partial charge in [-0.3, -0.25) is 9.59 Å². The van der Waals surface area contributed by atoms with Crippen LogP contribution in [-0.4, -0.2) is 41.3 Å². The maximum atomic E-state index is 13.0. The number of hydrogen-bond acceptors (Lipinski definition) is 4. The van der Waals surface area contributed by atoms with Crippen LogP contribution in [0.15, 0.2) is 48.5 Å². The normalized spacial score (nSPS) is 16.8. The van der Waals surface area contributed by atoms with Gasteiger partial charge in [-0.25, -0.2) is 4.79 Å². The van der Waals surface area contributed by atoms with Gasteiger partial charge < -0.3 is 20.5 Å². The van der Waals surface area contributed by atoms with E-state index in [1.807, 2.05) is 38.1 Å². The molecule has 0 saturated heterocycles. The fourth-order valence-electron chi connectivity index (χ4n) is 4.72. The summed E-state index contributed by atoms with van der Waals surface area (Å²) in [6, 6.07) is 15.7. The van der Waals surface area contributed by atoms with Crippen LogP contribution in [0.25, 0.3) is 11.1 Å². The van der Waals surface area contributed by atoms with Crippen LogP contribution in [0, 0.1) is 5.92 Å². The van der Waals surface area contributed by atoms with Crippen molar-refractivity contribution in [3.05, 3.63) is 59.7 Å². The molecule has 0 radical (unpaired) electrons. The number of nitrogens with one attached hydrogen (secondary N) is 2. The topological polar surface area (TPSA) is 105 Å². The summed E-state index contributed by atoms with van der Waals surface area (Å²) < 4.78 is 5.61. The van der Waals surface area contributed by atoms with E-state index in [4.69, 9.17) is 9.84 Å². The van der Waals surface area contributed by atoms with Crippen molar-refractivity contribution in [2.75, 3.05) is 6.61 Å². The molecule has 0 bridgehead atoms. The summed E-state index contributed by atoms with van der Waals surface area (Å²) in [5, 5.41) is 14.7. The number of amides is 2. The number of fused-ring (bicyclic) bond motifs is 3. The van der Waals surface area contributed by atoms with Gasteiger partial charge in [0.25, 0.3) is 0 Å². The Kier molecular flexibility index (Phi) is 6.40. The minimum Gasteiger partial charge on any atom is -0.481 e. The Labute approximate surface area is 193 Å². The Morgan fingerprint density at radius 3 is 2.09 bits per heavy atom. The molecule has 0 aromatic heterocycles. The van der Waals surface area contributed by atoms with Gasteiger partial charge in [0.2, 0.25) is 5.91 Å². The van der Waals surface area contributed by atoms with Crippen LogP contribution in [0.3, 0.4) is 0 Å². The van der Waals surface area contributed by atoms with Crippen molar-refractivity contribution in [3.8, 4) is 11.1 Å². The number of carbonyl (C=O) groups excluding carboxylic acids is 2. The number of carboxylic acid groups (broad SMARTS) is 1. The van der Waals surface area contributed by atoms with Crippen LogP contribution in [0.5, 0.6) is 0 Å². The average molecular weight is 451 g/mol. The summed E-state index contributed by atoms with van der Waals surface area (Å²) >= 11 is 0. The summed E-state index contributed by atoms with van der Waals surface area (Å²) in [6.45, 7) is 3.89. The lowest BCUT2D eigenvalue weighted by Crippen LogP contribution is -2.64. The Morgan fingerprint density at radius 1 is 1.03 bits per heavy atom. The molecule has 0 heterocycles. The van der Waals surface area contributed by atoms with Crippen molar-refractivity contribution >= 4 is 18.0 Å². The van der Waals surface area contributed by atoms with Gasteiger partial charge >= 0.3 is 12.1 Å². The molecule has 7 heteroatoms. The highest BCUT2D eigenvalue weighted by Crippen LogP contribution is 2.44. The zero-order valence-electron chi connectivity index (χ0n) is 19.0. The highest BCUT2D eigenvalue weighted by molar-refractivity contribution is 5.91. The molecule has 2 aliphatic rings. The summed E-state index contributed by atoms with van der Waals surface area (Å²) in [4.78, 5) is 36.9. The molecule has 1 saturated carbocycles. The lowest BCUT2D eigenvalue weighted by atomic mass is 9.75. The van der Waals surface area contributed by atoms with Crippen LogP contribution in [0.2, 0.25) is 0 Å². The first kappa shape index (κ1) is 22.8. The third-order valence-corrected chi connectivity index (χ3v) is 6.84. The van der Waals surface area contributed by atoms with E-state index in [2.05, 4.69) is 34.9 Å². The summed E-state index contributed by atoms with van der Waals surface area (Å²) in [5.41, 5.74) is 3.49. The van der Waals surface area contributed by atoms with E-state index in [1.54, 1.807) is 0 Å². The fourth-order valence-corrected chi connectivity index (χ4v) is 4.72. The molecule has 2 amide bonds. The number of benzene rings is 2. The predicted octanol–water partition coefficient (Wildman–Crippen LogP) is 4.06. The number of hydrogen-bond donors (Lipinski definition) is 3. The molecule has 0 aliphatic heterocycles. The van der Waals surface area contributed by atoms with E-state index < -0.39 is 23.6 Å². The van der Waals surface area contributed by atoms with Crippen LogP contribution in [-0.2, 0) is 14.3 Å². The standard InChI is InChI=1S/C26H30N2O5/c1-16(2)22(14-23(29)30)27-24(31)26(12-7-13-26)28-25(32)33-15-21-19-10-5-3-8-17(19)18-9-4-6-11-20(18)21/h3-6,8-11,16,21-22H,7,12-15H2,1-2H3,(H,27,31)(H,28,32)(H,29,30)/t22-/m1/s1. The number of ether oxygens (including phenoxy) is 1. The minimum atomic E-state index is -1.05. The minimum absolute atomic E-state index is 0.0448. The molecule has 2 aromatic rings. The molecule has 174 valence electrons. The molecule has 0 unspecified atom stereocenters. The van der Waals surface area contributed by atoms with E-state index in [9.17, 15) is 14.4 Å². The molecule has 33 heavy (non-hydrogen) atoms. The SMILES string of the molecule is CC(C)[C@@H](CC(=O)O)NC(=O)C1(NC(=O)OCC2c3ccccc3-c3ccccc32)CCC1. The highest BCUT2D eigenvalue weighted by atomic mass is 16.5. The van der Waals surface area contributed by atoms with Gasteiger partial charge in [0.15, 0.2) is 0 Å². The van der Waals surface area contributed by atoms with E-state index in [0.29, 0.717) is 12.8 Å². The maximum absolute atomic E-state index is 13.0. The second-order valence-corrected chi connectivity index (χ2v) is 9.31. The number of rotatable bonds is 8. The smallest absolute Gasteiger partial charge is 0.408 e. The third kappa shape index (κ3) is 4.58. The Balaban J connectivity index is 1.41. The fraction of sp³-hybridized carbons (Fsp3) is 0.423. The van der Waals surface area contributed by atoms with Crippen molar-refractivity contribution in [2.45, 2.75) is 57.0 Å². The van der Waals surface area contributed by atoms with Gasteiger partial charge in [-0.1, -0.05) is 62.4 Å². The zero-order chi connectivity index (χ0) is 23.6. The van der Waals surface area contributed by atoms with Gasteiger partial charge in [-0.15, -0.1) is 0 Å². The van der Waals surface area contributed by atoms with Crippen molar-refractivity contribution in [1.29, 1.82) is 0 Å². The Hall–Kier alpha value is -3.35. The predicted molar refractivity (Wildman–Crippen MR) is 124 cm³/mol. The summed E-state index contributed by atoms with van der Waals surface area (Å²) in [5.74, 6) is -1.42. The molecular formula is C26H30N2O5. The molecule has 2 aromatic carbocycles. The van der Waals surface area contributed by atoms with Gasteiger partial charge in [0, 0.05) is 12.0 Å². The van der Waals surface area contributed by atoms with Crippen molar-refractivity contribution in [3.63, 3.8) is 0 Å². The van der Waals surface area contributed by atoms with E-state index in [1.165, 1.54) is 0 Å². The lowest BCUT2D eigenvalue weighted by Gasteiger charge is -2.41. The van der Waals surface area contributed by atoms with Crippen molar-refractivity contribution in [2.24, 2.45) is 5.92 Å². The molecule has 3 N–H and O–H groups in total. The van der Waals surface area contributed by atoms with E-state index in [-0.39, 0.29) is 30.8 Å². The Morgan fingerprint density at radius 2 is 1.61 bits per heavy atom. The zero-order valence-corrected chi connectivity index (χ0v) is 19.0. The van der Waals surface area contributed by atoms with Crippen LogP contribution in [0.1, 0.15) is 56.6 Å². The first-order valence-corrected chi connectivity index (χ1v) is 11.5. The van der Waals surface area contributed by atoms with Crippen LogP contribution < -0.4 is 10.6 Å². The monoisotopic (exact) mass is 450 g/mol. The molecule has 1 atom stereocenters. The van der Waals surface area contributed by atoms with Crippen molar-refractivity contribution in [1.82, 2.24) is 10.6 Å². The number of carbonyl (C=O) groups is 3. The quantitative estimate of drug-likeness (QED) is 0.563. The summed E-state index contributed by atoms with van der Waals surface area (Å²) in [6.07, 6.45) is 1.01. The first-order valence-electron chi connectivity index (χ1n) is 11.5. The van der Waals surface area contributed by atoms with Gasteiger partial charge in [0.1, 0.15) is 12.1 Å². The maximum Gasteiger partial charge on any atom is 0.408 e. The lowest BCUT2D eigenvalue weighted by molar-refractivity contribution is -0.138. The third-order valence-electron chi connectivity index (χ3n) is 6.84.